The lowest BCUT2D eigenvalue weighted by Crippen LogP contribution is -2.26. The molecule has 1 aromatic heterocycles. The molecule has 0 saturated heterocycles. The van der Waals surface area contributed by atoms with Crippen molar-refractivity contribution in [2.45, 2.75) is 20.3 Å². The minimum absolute atomic E-state index is 0.0231. The van der Waals surface area contributed by atoms with Crippen LogP contribution in [-0.4, -0.2) is 30.6 Å². The maximum Gasteiger partial charge on any atom is 0.255 e. The number of nitrogens with two attached hydrogens (primary N) is 1. The molecule has 0 fully saturated rings. The van der Waals surface area contributed by atoms with E-state index in [0.29, 0.717) is 32.1 Å². The molecule has 5 nitrogen and oxygen atoms in total. The molecule has 1 heterocycles. The second-order valence-corrected chi connectivity index (χ2v) is 4.66. The van der Waals surface area contributed by atoms with Crippen LogP contribution in [0.25, 0.3) is 0 Å². The number of nitrogens with one attached hydrogen (secondary N) is 1. The molecular weight excluding hydrogens is 249 g/mol. The molecule has 3 N–H and O–H groups in total. The maximum absolute atomic E-state index is 13.0. The Balaban J connectivity index is 2.29. The molecule has 0 aliphatic rings. The Bertz CT molecular complexity index is 424. The van der Waals surface area contributed by atoms with Crippen LogP contribution in [0.4, 0.5) is 10.2 Å². The quantitative estimate of drug-likeness (QED) is 0.737. The number of hydrogen-bond donors (Lipinski definition) is 2. The highest BCUT2D eigenvalue weighted by atomic mass is 19.1. The fourth-order valence-corrected chi connectivity index (χ4v) is 1.42. The van der Waals surface area contributed by atoms with Gasteiger partial charge in [-0.2, -0.15) is 0 Å². The highest BCUT2D eigenvalue weighted by Crippen LogP contribution is 2.09. The third kappa shape index (κ3) is 5.65. The van der Waals surface area contributed by atoms with Crippen molar-refractivity contribution in [3.63, 3.8) is 0 Å². The Morgan fingerprint density at radius 3 is 3.00 bits per heavy atom. The summed E-state index contributed by atoms with van der Waals surface area (Å²) in [6, 6.07) is 1.08. The Kier molecular flexibility index (Phi) is 6.21. The van der Waals surface area contributed by atoms with Crippen LogP contribution in [0, 0.1) is 11.7 Å². The first-order chi connectivity index (χ1) is 9.00. The molecule has 6 heteroatoms. The first kappa shape index (κ1) is 15.4. The number of halogens is 1. The van der Waals surface area contributed by atoms with Crippen molar-refractivity contribution in [3.8, 4) is 0 Å². The second-order valence-electron chi connectivity index (χ2n) is 4.66. The first-order valence-corrected chi connectivity index (χ1v) is 6.27. The molecule has 0 saturated carbocycles. The van der Waals surface area contributed by atoms with Crippen LogP contribution >= 0.6 is 0 Å². The SMILES string of the molecule is CC(C)COCCCNC(=O)c1cc(F)cnc1N. The summed E-state index contributed by atoms with van der Waals surface area (Å²) < 4.78 is 18.3. The minimum atomic E-state index is -0.584. The summed E-state index contributed by atoms with van der Waals surface area (Å²) in [6.45, 7) is 5.87. The number of anilines is 1. The zero-order chi connectivity index (χ0) is 14.3. The Morgan fingerprint density at radius 2 is 2.32 bits per heavy atom. The number of amides is 1. The standard InChI is InChI=1S/C13H20FN3O2/c1-9(2)8-19-5-3-4-16-13(18)11-6-10(14)7-17-12(11)15/h6-7,9H,3-5,8H2,1-2H3,(H2,15,17)(H,16,18). The van der Waals surface area contributed by atoms with E-state index in [1.54, 1.807) is 0 Å². The van der Waals surface area contributed by atoms with Crippen LogP contribution in [0.5, 0.6) is 0 Å². The van der Waals surface area contributed by atoms with Crippen LogP contribution in [0.1, 0.15) is 30.6 Å². The molecule has 0 bridgehead atoms. The van der Waals surface area contributed by atoms with Crippen molar-refractivity contribution >= 4 is 11.7 Å². The largest absolute Gasteiger partial charge is 0.383 e. The average Bonchev–Trinajstić information content (AvgIpc) is 2.36. The zero-order valence-electron chi connectivity index (χ0n) is 11.3. The van der Waals surface area contributed by atoms with E-state index in [9.17, 15) is 9.18 Å². The third-order valence-electron chi connectivity index (χ3n) is 2.33. The summed E-state index contributed by atoms with van der Waals surface area (Å²) in [4.78, 5) is 15.3. The van der Waals surface area contributed by atoms with E-state index in [2.05, 4.69) is 24.1 Å². The van der Waals surface area contributed by atoms with Crippen LogP contribution in [-0.2, 0) is 4.74 Å². The molecule has 0 radical (unpaired) electrons. The van der Waals surface area contributed by atoms with E-state index >= 15 is 0 Å². The zero-order valence-corrected chi connectivity index (χ0v) is 11.3. The van der Waals surface area contributed by atoms with Crippen LogP contribution in [0.15, 0.2) is 12.3 Å². The lowest BCUT2D eigenvalue weighted by molar-refractivity contribution is 0.0925. The lowest BCUT2D eigenvalue weighted by atomic mass is 10.2. The van der Waals surface area contributed by atoms with Gasteiger partial charge in [-0.05, 0) is 18.4 Å². The summed E-state index contributed by atoms with van der Waals surface area (Å²) in [5.41, 5.74) is 5.57. The molecule has 0 atom stereocenters. The second kappa shape index (κ2) is 7.68. The maximum atomic E-state index is 13.0. The van der Waals surface area contributed by atoms with Crippen molar-refractivity contribution in [1.29, 1.82) is 0 Å². The number of nitrogens with zero attached hydrogens (tertiary/aromatic N) is 1. The van der Waals surface area contributed by atoms with Crippen molar-refractivity contribution in [3.05, 3.63) is 23.6 Å². The van der Waals surface area contributed by atoms with Crippen molar-refractivity contribution in [2.75, 3.05) is 25.5 Å². The van der Waals surface area contributed by atoms with E-state index in [4.69, 9.17) is 10.5 Å². The monoisotopic (exact) mass is 269 g/mol. The predicted molar refractivity (Wildman–Crippen MR) is 71.2 cm³/mol. The predicted octanol–water partition coefficient (Wildman–Crippen LogP) is 1.60. The van der Waals surface area contributed by atoms with Crippen LogP contribution in [0.3, 0.4) is 0 Å². The summed E-state index contributed by atoms with van der Waals surface area (Å²) in [6.07, 6.45) is 1.67. The smallest absolute Gasteiger partial charge is 0.255 e. The highest BCUT2D eigenvalue weighted by molar-refractivity contribution is 5.98. The minimum Gasteiger partial charge on any atom is -0.383 e. The number of nitrogen functional groups attached to an aromatic ring is 1. The Labute approximate surface area is 112 Å². The van der Waals surface area contributed by atoms with Gasteiger partial charge in [0.05, 0.1) is 11.8 Å². The average molecular weight is 269 g/mol. The lowest BCUT2D eigenvalue weighted by Gasteiger charge is -2.08. The Hall–Kier alpha value is -1.69. The van der Waals surface area contributed by atoms with Gasteiger partial charge in [0, 0.05) is 19.8 Å². The summed E-state index contributed by atoms with van der Waals surface area (Å²) in [5, 5.41) is 2.65. The van der Waals surface area contributed by atoms with Crippen molar-refractivity contribution in [1.82, 2.24) is 10.3 Å². The van der Waals surface area contributed by atoms with Gasteiger partial charge >= 0.3 is 0 Å². The van der Waals surface area contributed by atoms with Gasteiger partial charge in [-0.3, -0.25) is 4.79 Å². The van der Waals surface area contributed by atoms with E-state index in [1.807, 2.05) is 0 Å². The topological polar surface area (TPSA) is 77.2 Å². The van der Waals surface area contributed by atoms with Gasteiger partial charge in [0.2, 0.25) is 0 Å². The number of aromatic nitrogens is 1. The first-order valence-electron chi connectivity index (χ1n) is 6.27. The van der Waals surface area contributed by atoms with E-state index in [0.717, 1.165) is 12.3 Å². The molecule has 1 aromatic rings. The van der Waals surface area contributed by atoms with Crippen molar-refractivity contribution in [2.24, 2.45) is 5.92 Å². The Morgan fingerprint density at radius 1 is 1.58 bits per heavy atom. The number of ether oxygens (including phenoxy) is 1. The molecule has 19 heavy (non-hydrogen) atoms. The summed E-state index contributed by atoms with van der Waals surface area (Å²) in [7, 11) is 0. The molecule has 106 valence electrons. The molecule has 1 amide bonds. The van der Waals surface area contributed by atoms with Gasteiger partial charge in [0.1, 0.15) is 11.6 Å². The number of carbonyl (C=O) groups excluding carboxylic acids is 1. The third-order valence-corrected chi connectivity index (χ3v) is 2.33. The van der Waals surface area contributed by atoms with Crippen molar-refractivity contribution < 1.29 is 13.9 Å². The number of rotatable bonds is 7. The van der Waals surface area contributed by atoms with E-state index < -0.39 is 11.7 Å². The molecule has 0 aliphatic carbocycles. The van der Waals surface area contributed by atoms with Gasteiger partial charge in [0.15, 0.2) is 0 Å². The van der Waals surface area contributed by atoms with Gasteiger partial charge in [-0.15, -0.1) is 0 Å². The fraction of sp³-hybridized carbons (Fsp3) is 0.538. The van der Waals surface area contributed by atoms with E-state index in [-0.39, 0.29) is 11.4 Å². The van der Waals surface area contributed by atoms with Crippen LogP contribution < -0.4 is 11.1 Å². The number of carbonyl (C=O) groups is 1. The number of pyridine rings is 1. The molecular formula is C13H20FN3O2. The molecule has 0 spiro atoms. The molecule has 1 rings (SSSR count). The van der Waals surface area contributed by atoms with Gasteiger partial charge < -0.3 is 15.8 Å². The molecule has 0 aliphatic heterocycles. The summed E-state index contributed by atoms with van der Waals surface area (Å²) >= 11 is 0. The fourth-order valence-electron chi connectivity index (χ4n) is 1.42. The van der Waals surface area contributed by atoms with Gasteiger partial charge in [-0.25, -0.2) is 9.37 Å². The highest BCUT2D eigenvalue weighted by Gasteiger charge is 2.11. The normalized spacial score (nSPS) is 10.7. The molecule has 0 unspecified atom stereocenters. The van der Waals surface area contributed by atoms with Gasteiger partial charge in [-0.1, -0.05) is 13.8 Å². The number of hydrogen-bond acceptors (Lipinski definition) is 4. The summed E-state index contributed by atoms with van der Waals surface area (Å²) in [5.74, 6) is -0.490. The molecule has 0 aromatic carbocycles. The van der Waals surface area contributed by atoms with E-state index in [1.165, 1.54) is 0 Å². The van der Waals surface area contributed by atoms with Crippen LogP contribution in [0.2, 0.25) is 0 Å². The van der Waals surface area contributed by atoms with Gasteiger partial charge in [0.25, 0.3) is 5.91 Å².